The van der Waals surface area contributed by atoms with Crippen LogP contribution in [0.15, 0.2) is 12.1 Å². The van der Waals surface area contributed by atoms with Crippen molar-refractivity contribution in [2.24, 2.45) is 0 Å². The van der Waals surface area contributed by atoms with E-state index in [1.54, 1.807) is 6.07 Å². The quantitative estimate of drug-likeness (QED) is 0.818. The minimum absolute atomic E-state index is 0.255. The van der Waals surface area contributed by atoms with Gasteiger partial charge in [-0.15, -0.1) is 0 Å². The van der Waals surface area contributed by atoms with Crippen LogP contribution in [0.4, 0.5) is 11.5 Å². The van der Waals surface area contributed by atoms with Crippen LogP contribution in [0.5, 0.6) is 5.88 Å². The number of nitrogen functional groups attached to an aromatic ring is 1. The maximum atomic E-state index is 9.50. The Hall–Kier alpha value is -1.49. The Bertz CT molecular complexity index is 384. The smallest absolute Gasteiger partial charge is 0.239 e. The fourth-order valence-electron chi connectivity index (χ4n) is 1.88. The van der Waals surface area contributed by atoms with Gasteiger partial charge in [0.1, 0.15) is 5.82 Å². The van der Waals surface area contributed by atoms with E-state index in [0.717, 1.165) is 25.2 Å². The van der Waals surface area contributed by atoms with Crippen molar-refractivity contribution in [3.05, 3.63) is 12.1 Å². The van der Waals surface area contributed by atoms with Gasteiger partial charge in [-0.1, -0.05) is 6.92 Å². The van der Waals surface area contributed by atoms with Crippen molar-refractivity contribution >= 4 is 11.5 Å². The predicted octanol–water partition coefficient (Wildman–Crippen LogP) is 1.02. The van der Waals surface area contributed by atoms with Crippen molar-refractivity contribution in [1.82, 2.24) is 4.98 Å². The molecule has 1 atom stereocenters. The largest absolute Gasteiger partial charge is 0.476 e. The predicted molar refractivity (Wildman–Crippen MR) is 67.3 cm³/mol. The topological polar surface area (TPSA) is 71.6 Å². The summed E-state index contributed by atoms with van der Waals surface area (Å²) in [5, 5.41) is 9.50. The van der Waals surface area contributed by atoms with Crippen LogP contribution in [0.2, 0.25) is 0 Å². The van der Waals surface area contributed by atoms with Crippen molar-refractivity contribution in [3.63, 3.8) is 0 Å². The molecule has 5 heteroatoms. The highest BCUT2D eigenvalue weighted by atomic mass is 16.5. The molecule has 1 aromatic heterocycles. The van der Waals surface area contributed by atoms with Gasteiger partial charge in [-0.3, -0.25) is 0 Å². The molecule has 1 aliphatic rings. The molecule has 2 heterocycles. The number of β-amino-alcohol motifs (C(OH)–C–C–N with tert-alkyl or cyclic N) is 1. The summed E-state index contributed by atoms with van der Waals surface area (Å²) in [6.45, 7) is 4.11. The Balaban J connectivity index is 2.12. The van der Waals surface area contributed by atoms with Gasteiger partial charge in [-0.2, -0.15) is 4.98 Å². The summed E-state index contributed by atoms with van der Waals surface area (Å²) in [7, 11) is 0. The summed E-state index contributed by atoms with van der Waals surface area (Å²) in [6.07, 6.45) is 1.46. The van der Waals surface area contributed by atoms with Gasteiger partial charge in [0.15, 0.2) is 0 Å². The molecule has 0 amide bonds. The summed E-state index contributed by atoms with van der Waals surface area (Å²) in [5.41, 5.74) is 6.36. The normalized spacial score (nSPS) is 19.6. The molecule has 5 nitrogen and oxygen atoms in total. The molecule has 3 N–H and O–H groups in total. The van der Waals surface area contributed by atoms with Gasteiger partial charge >= 0.3 is 0 Å². The molecule has 0 radical (unpaired) electrons. The maximum Gasteiger partial charge on any atom is 0.239 e. The lowest BCUT2D eigenvalue weighted by molar-refractivity contribution is 0.198. The zero-order valence-corrected chi connectivity index (χ0v) is 10.1. The minimum atomic E-state index is -0.255. The lowest BCUT2D eigenvalue weighted by Gasteiger charge is -2.18. The monoisotopic (exact) mass is 237 g/mol. The molecule has 0 bridgehead atoms. The molecule has 1 saturated heterocycles. The highest BCUT2D eigenvalue weighted by molar-refractivity contribution is 5.55. The summed E-state index contributed by atoms with van der Waals surface area (Å²) in [6, 6.07) is 3.67. The fourth-order valence-corrected chi connectivity index (χ4v) is 1.88. The van der Waals surface area contributed by atoms with Gasteiger partial charge < -0.3 is 20.5 Å². The Morgan fingerprint density at radius 1 is 1.59 bits per heavy atom. The summed E-state index contributed by atoms with van der Waals surface area (Å²) < 4.78 is 5.49. The molecule has 2 rings (SSSR count). The number of hydrogen-bond acceptors (Lipinski definition) is 5. The van der Waals surface area contributed by atoms with Crippen LogP contribution in [-0.2, 0) is 0 Å². The first-order chi connectivity index (χ1) is 8.20. The summed E-state index contributed by atoms with van der Waals surface area (Å²) in [5.74, 6) is 1.31. The lowest BCUT2D eigenvalue weighted by Crippen LogP contribution is -2.22. The van der Waals surface area contributed by atoms with E-state index in [1.807, 2.05) is 17.9 Å². The van der Waals surface area contributed by atoms with E-state index in [2.05, 4.69) is 4.98 Å². The third-order valence-corrected chi connectivity index (χ3v) is 2.81. The van der Waals surface area contributed by atoms with Gasteiger partial charge in [-0.05, 0) is 25.0 Å². The number of aliphatic hydroxyl groups excluding tert-OH is 1. The molecule has 1 fully saturated rings. The summed E-state index contributed by atoms with van der Waals surface area (Å²) >= 11 is 0. The second-order valence-electron chi connectivity index (χ2n) is 4.30. The van der Waals surface area contributed by atoms with Crippen LogP contribution < -0.4 is 15.4 Å². The van der Waals surface area contributed by atoms with Crippen LogP contribution in [0, 0.1) is 0 Å². The van der Waals surface area contributed by atoms with Gasteiger partial charge in [0, 0.05) is 13.1 Å². The SMILES string of the molecule is CCCOc1nc(N2CCC(O)C2)ccc1N. The van der Waals surface area contributed by atoms with E-state index in [4.69, 9.17) is 10.5 Å². The highest BCUT2D eigenvalue weighted by Crippen LogP contribution is 2.25. The second-order valence-corrected chi connectivity index (χ2v) is 4.30. The number of aliphatic hydroxyl groups is 1. The van der Waals surface area contributed by atoms with Crippen LogP contribution >= 0.6 is 0 Å². The number of aromatic nitrogens is 1. The van der Waals surface area contributed by atoms with Crippen LogP contribution in [0.1, 0.15) is 19.8 Å². The molecule has 94 valence electrons. The standard InChI is InChI=1S/C12H19N3O2/c1-2-7-17-12-10(13)3-4-11(14-12)15-6-5-9(16)8-15/h3-4,9,16H,2,5-8,13H2,1H3. The van der Waals surface area contributed by atoms with E-state index < -0.39 is 0 Å². The van der Waals surface area contributed by atoms with E-state index in [-0.39, 0.29) is 6.10 Å². The number of hydrogen-bond donors (Lipinski definition) is 2. The lowest BCUT2D eigenvalue weighted by atomic mass is 10.3. The molecule has 1 unspecified atom stereocenters. The second kappa shape index (κ2) is 5.23. The molecule has 0 spiro atoms. The molecule has 17 heavy (non-hydrogen) atoms. The third kappa shape index (κ3) is 2.79. The third-order valence-electron chi connectivity index (χ3n) is 2.81. The van der Waals surface area contributed by atoms with E-state index in [0.29, 0.717) is 24.7 Å². The Kier molecular flexibility index (Phi) is 3.68. The minimum Gasteiger partial charge on any atom is -0.476 e. The maximum absolute atomic E-state index is 9.50. The Morgan fingerprint density at radius 2 is 2.41 bits per heavy atom. The van der Waals surface area contributed by atoms with Gasteiger partial charge in [0.05, 0.1) is 18.4 Å². The Labute approximate surface area is 101 Å². The van der Waals surface area contributed by atoms with Gasteiger partial charge in [0.2, 0.25) is 5.88 Å². The Morgan fingerprint density at radius 3 is 3.06 bits per heavy atom. The van der Waals surface area contributed by atoms with Crippen molar-refractivity contribution in [2.75, 3.05) is 30.3 Å². The number of pyridine rings is 1. The van der Waals surface area contributed by atoms with E-state index in [9.17, 15) is 5.11 Å². The van der Waals surface area contributed by atoms with Crippen LogP contribution in [0.3, 0.4) is 0 Å². The molecule has 0 aliphatic carbocycles. The fraction of sp³-hybridized carbons (Fsp3) is 0.583. The number of nitrogens with two attached hydrogens (primary N) is 1. The first-order valence-electron chi connectivity index (χ1n) is 6.03. The zero-order valence-electron chi connectivity index (χ0n) is 10.1. The van der Waals surface area contributed by atoms with Crippen LogP contribution in [-0.4, -0.2) is 35.9 Å². The molecule has 0 aromatic carbocycles. The first kappa shape index (κ1) is 12.0. The molecule has 0 saturated carbocycles. The number of rotatable bonds is 4. The molecule has 1 aliphatic heterocycles. The number of nitrogens with zero attached hydrogens (tertiary/aromatic N) is 2. The van der Waals surface area contributed by atoms with Crippen molar-refractivity contribution < 1.29 is 9.84 Å². The summed E-state index contributed by atoms with van der Waals surface area (Å²) in [4.78, 5) is 6.44. The van der Waals surface area contributed by atoms with E-state index in [1.165, 1.54) is 0 Å². The van der Waals surface area contributed by atoms with Crippen molar-refractivity contribution in [2.45, 2.75) is 25.9 Å². The van der Waals surface area contributed by atoms with Crippen molar-refractivity contribution in [3.8, 4) is 5.88 Å². The average Bonchev–Trinajstić information content (AvgIpc) is 2.75. The zero-order chi connectivity index (χ0) is 12.3. The molecular weight excluding hydrogens is 218 g/mol. The molecule has 1 aromatic rings. The van der Waals surface area contributed by atoms with Crippen molar-refractivity contribution in [1.29, 1.82) is 0 Å². The number of ether oxygens (including phenoxy) is 1. The number of anilines is 2. The van der Waals surface area contributed by atoms with Gasteiger partial charge in [0.25, 0.3) is 0 Å². The molecular formula is C12H19N3O2. The van der Waals surface area contributed by atoms with E-state index >= 15 is 0 Å². The van der Waals surface area contributed by atoms with Gasteiger partial charge in [-0.25, -0.2) is 0 Å². The highest BCUT2D eigenvalue weighted by Gasteiger charge is 2.21. The van der Waals surface area contributed by atoms with Crippen LogP contribution in [0.25, 0.3) is 0 Å². The first-order valence-corrected chi connectivity index (χ1v) is 6.03. The average molecular weight is 237 g/mol.